The number of aromatic nitrogens is 3. The number of hydrogen-bond acceptors (Lipinski definition) is 5. The van der Waals surface area contributed by atoms with Gasteiger partial charge in [-0.1, -0.05) is 18.7 Å². The minimum absolute atomic E-state index is 0.517. The fraction of sp³-hybridized carbons (Fsp3) is 0.571. The summed E-state index contributed by atoms with van der Waals surface area (Å²) in [6.07, 6.45) is 2.60. The van der Waals surface area contributed by atoms with E-state index in [2.05, 4.69) is 22.1 Å². The predicted molar refractivity (Wildman–Crippen MR) is 47.4 cm³/mol. The van der Waals surface area contributed by atoms with Crippen LogP contribution in [0.2, 0.25) is 0 Å². The molecule has 1 rings (SSSR count). The number of thioether (sulfide) groups is 1. The van der Waals surface area contributed by atoms with Crippen LogP contribution >= 0.6 is 11.8 Å². The molecule has 12 heavy (non-hydrogen) atoms. The van der Waals surface area contributed by atoms with E-state index in [0.29, 0.717) is 11.0 Å². The third-order valence-electron chi connectivity index (χ3n) is 1.16. The summed E-state index contributed by atoms with van der Waals surface area (Å²) in [6.45, 7) is 2.11. The Hall–Kier alpha value is -0.840. The molecular formula is C7H11N3OS. The van der Waals surface area contributed by atoms with Crippen LogP contribution < -0.4 is 4.74 Å². The summed E-state index contributed by atoms with van der Waals surface area (Å²) in [6, 6.07) is 0. The number of ether oxygens (including phenoxy) is 1. The normalized spacial score (nSPS) is 9.83. The molecule has 0 saturated carbocycles. The molecule has 66 valence electrons. The molecule has 5 heteroatoms. The fourth-order valence-electron chi connectivity index (χ4n) is 0.626. The minimum atomic E-state index is 0.517. The lowest BCUT2D eigenvalue weighted by atomic mass is 10.6. The molecule has 0 aromatic carbocycles. The maximum Gasteiger partial charge on any atom is 0.236 e. The first-order valence-corrected chi connectivity index (χ1v) is 4.72. The first-order valence-electron chi connectivity index (χ1n) is 3.73. The summed E-state index contributed by atoms with van der Waals surface area (Å²) >= 11 is 1.59. The van der Waals surface area contributed by atoms with Crippen molar-refractivity contribution in [3.8, 4) is 5.88 Å². The van der Waals surface area contributed by atoms with Crippen molar-refractivity contribution in [1.29, 1.82) is 0 Å². The second kappa shape index (κ2) is 4.92. The van der Waals surface area contributed by atoms with Crippen LogP contribution in [0.15, 0.2) is 11.4 Å². The highest BCUT2D eigenvalue weighted by molar-refractivity contribution is 7.99. The van der Waals surface area contributed by atoms with Gasteiger partial charge in [0.2, 0.25) is 11.0 Å². The zero-order valence-electron chi connectivity index (χ0n) is 7.15. The van der Waals surface area contributed by atoms with Crippen molar-refractivity contribution in [3.63, 3.8) is 0 Å². The van der Waals surface area contributed by atoms with Gasteiger partial charge in [0.05, 0.1) is 7.11 Å². The lowest BCUT2D eigenvalue weighted by Crippen LogP contribution is -1.94. The Labute approximate surface area is 75.8 Å². The Morgan fingerprint density at radius 3 is 3.08 bits per heavy atom. The van der Waals surface area contributed by atoms with Gasteiger partial charge in [-0.2, -0.15) is 10.1 Å². The largest absolute Gasteiger partial charge is 0.480 e. The lowest BCUT2D eigenvalue weighted by Gasteiger charge is -1.98. The van der Waals surface area contributed by atoms with E-state index in [1.807, 2.05) is 0 Å². The number of hydrogen-bond donors (Lipinski definition) is 0. The van der Waals surface area contributed by atoms with Crippen LogP contribution in [-0.2, 0) is 0 Å². The zero-order valence-corrected chi connectivity index (χ0v) is 7.97. The Morgan fingerprint density at radius 2 is 2.42 bits per heavy atom. The van der Waals surface area contributed by atoms with E-state index in [4.69, 9.17) is 4.74 Å². The predicted octanol–water partition coefficient (Wildman–Crippen LogP) is 1.38. The Morgan fingerprint density at radius 1 is 1.58 bits per heavy atom. The number of methoxy groups -OCH3 is 1. The van der Waals surface area contributed by atoms with Crippen LogP contribution in [0.25, 0.3) is 0 Å². The van der Waals surface area contributed by atoms with Gasteiger partial charge in [0, 0.05) is 5.75 Å². The summed E-state index contributed by atoms with van der Waals surface area (Å²) in [5.74, 6) is 1.53. The molecule has 0 atom stereocenters. The van der Waals surface area contributed by atoms with Crippen molar-refractivity contribution >= 4 is 11.8 Å². The van der Waals surface area contributed by atoms with Crippen molar-refractivity contribution < 1.29 is 4.74 Å². The van der Waals surface area contributed by atoms with Crippen molar-refractivity contribution in [1.82, 2.24) is 15.2 Å². The van der Waals surface area contributed by atoms with Gasteiger partial charge in [-0.3, -0.25) is 0 Å². The second-order valence-corrected chi connectivity index (χ2v) is 3.19. The molecule has 0 radical (unpaired) electrons. The van der Waals surface area contributed by atoms with E-state index < -0.39 is 0 Å². The van der Waals surface area contributed by atoms with E-state index in [0.717, 1.165) is 12.2 Å². The molecule has 0 saturated heterocycles. The molecule has 1 aromatic rings. The Balaban J connectivity index is 2.60. The summed E-state index contributed by atoms with van der Waals surface area (Å²) in [5, 5.41) is 8.27. The van der Waals surface area contributed by atoms with Crippen LogP contribution in [0.5, 0.6) is 5.88 Å². The zero-order chi connectivity index (χ0) is 8.81. The van der Waals surface area contributed by atoms with Crippen molar-refractivity contribution in [2.75, 3.05) is 12.9 Å². The van der Waals surface area contributed by atoms with E-state index in [-0.39, 0.29) is 0 Å². The maximum atomic E-state index is 4.91. The smallest absolute Gasteiger partial charge is 0.236 e. The molecule has 0 aliphatic carbocycles. The van der Waals surface area contributed by atoms with E-state index in [1.54, 1.807) is 18.9 Å². The molecule has 0 aliphatic heterocycles. The highest BCUT2D eigenvalue weighted by Gasteiger charge is 1.99. The average Bonchev–Trinajstić information content (AvgIpc) is 2.15. The van der Waals surface area contributed by atoms with Gasteiger partial charge >= 0.3 is 0 Å². The van der Waals surface area contributed by atoms with Crippen LogP contribution in [0, 0.1) is 0 Å². The minimum Gasteiger partial charge on any atom is -0.480 e. The van der Waals surface area contributed by atoms with Gasteiger partial charge in [-0.05, 0) is 6.42 Å². The third-order valence-corrected chi connectivity index (χ3v) is 2.21. The second-order valence-electron chi connectivity index (χ2n) is 2.13. The van der Waals surface area contributed by atoms with Gasteiger partial charge in [-0.25, -0.2) is 0 Å². The highest BCUT2D eigenvalue weighted by Crippen LogP contribution is 2.14. The lowest BCUT2D eigenvalue weighted by molar-refractivity contribution is 0.388. The van der Waals surface area contributed by atoms with Crippen molar-refractivity contribution in [3.05, 3.63) is 6.20 Å². The molecule has 0 spiro atoms. The van der Waals surface area contributed by atoms with E-state index in [1.165, 1.54) is 6.20 Å². The van der Waals surface area contributed by atoms with E-state index >= 15 is 0 Å². The first kappa shape index (κ1) is 9.25. The number of rotatable bonds is 4. The molecular weight excluding hydrogens is 174 g/mol. The van der Waals surface area contributed by atoms with Crippen LogP contribution in [0.3, 0.4) is 0 Å². The number of nitrogens with zero attached hydrogens (tertiary/aromatic N) is 3. The highest BCUT2D eigenvalue weighted by atomic mass is 32.2. The summed E-state index contributed by atoms with van der Waals surface area (Å²) in [5.41, 5.74) is 0. The molecule has 0 N–H and O–H groups in total. The quantitative estimate of drug-likeness (QED) is 0.663. The van der Waals surface area contributed by atoms with Crippen LogP contribution in [0.1, 0.15) is 13.3 Å². The standard InChI is InChI=1S/C7H11N3OS/c1-3-4-12-7-9-6(11-2)5-8-10-7/h5H,3-4H2,1-2H3. The van der Waals surface area contributed by atoms with Gasteiger partial charge in [0.15, 0.2) is 0 Å². The Bertz CT molecular complexity index is 244. The molecule has 1 aromatic heterocycles. The summed E-state index contributed by atoms with van der Waals surface area (Å²) < 4.78 is 4.91. The van der Waals surface area contributed by atoms with E-state index in [9.17, 15) is 0 Å². The Kier molecular flexibility index (Phi) is 3.79. The van der Waals surface area contributed by atoms with Gasteiger partial charge in [0.1, 0.15) is 6.20 Å². The monoisotopic (exact) mass is 185 g/mol. The summed E-state index contributed by atoms with van der Waals surface area (Å²) in [7, 11) is 1.57. The first-order chi connectivity index (χ1) is 5.86. The SMILES string of the molecule is CCCSc1nncc(OC)n1. The van der Waals surface area contributed by atoms with Gasteiger partial charge in [-0.15, -0.1) is 5.10 Å². The fourth-order valence-corrected chi connectivity index (χ4v) is 1.27. The molecule has 1 heterocycles. The average molecular weight is 185 g/mol. The molecule has 0 unspecified atom stereocenters. The van der Waals surface area contributed by atoms with Gasteiger partial charge in [0.25, 0.3) is 0 Å². The molecule has 0 fully saturated rings. The van der Waals surface area contributed by atoms with Crippen LogP contribution in [-0.4, -0.2) is 28.0 Å². The molecule has 0 bridgehead atoms. The van der Waals surface area contributed by atoms with Gasteiger partial charge < -0.3 is 4.74 Å². The van der Waals surface area contributed by atoms with Crippen LogP contribution in [0.4, 0.5) is 0 Å². The summed E-state index contributed by atoms with van der Waals surface area (Å²) in [4.78, 5) is 4.10. The molecule has 4 nitrogen and oxygen atoms in total. The topological polar surface area (TPSA) is 47.9 Å². The van der Waals surface area contributed by atoms with Crippen molar-refractivity contribution in [2.24, 2.45) is 0 Å². The maximum absolute atomic E-state index is 4.91. The third kappa shape index (κ3) is 2.65. The van der Waals surface area contributed by atoms with Crippen molar-refractivity contribution in [2.45, 2.75) is 18.5 Å². The molecule has 0 aliphatic rings. The molecule has 0 amide bonds.